The lowest BCUT2D eigenvalue weighted by atomic mass is 10.1. The van der Waals surface area contributed by atoms with Crippen molar-refractivity contribution < 1.29 is 31.9 Å². The number of amides is 1. The average Bonchev–Trinajstić information content (AvgIpc) is 2.24. The van der Waals surface area contributed by atoms with E-state index in [4.69, 9.17) is 0 Å². The SMILES string of the molecule is O=C(COC(=O)C(F)(F)F)N1CCCC(F)C1. The maximum absolute atomic E-state index is 12.9. The van der Waals surface area contributed by atoms with Gasteiger partial charge in [0.05, 0.1) is 6.54 Å². The molecular weight excluding hydrogens is 246 g/mol. The average molecular weight is 257 g/mol. The molecule has 1 unspecified atom stereocenters. The Labute approximate surface area is 94.5 Å². The number of carbonyl (C=O) groups excluding carboxylic acids is 2. The maximum atomic E-state index is 12.9. The van der Waals surface area contributed by atoms with Gasteiger partial charge >= 0.3 is 12.1 Å². The lowest BCUT2D eigenvalue weighted by Crippen LogP contribution is -2.43. The molecule has 0 aliphatic carbocycles. The molecule has 1 saturated heterocycles. The van der Waals surface area contributed by atoms with Crippen molar-refractivity contribution in [3.8, 4) is 0 Å². The Hall–Kier alpha value is -1.34. The van der Waals surface area contributed by atoms with Crippen LogP contribution in [0.5, 0.6) is 0 Å². The summed E-state index contributed by atoms with van der Waals surface area (Å²) in [6, 6.07) is 0. The van der Waals surface area contributed by atoms with Crippen molar-refractivity contribution in [1.82, 2.24) is 4.90 Å². The fraction of sp³-hybridized carbons (Fsp3) is 0.778. The molecule has 17 heavy (non-hydrogen) atoms. The van der Waals surface area contributed by atoms with E-state index in [1.54, 1.807) is 0 Å². The van der Waals surface area contributed by atoms with Gasteiger partial charge in [-0.15, -0.1) is 0 Å². The van der Waals surface area contributed by atoms with Crippen LogP contribution in [0.2, 0.25) is 0 Å². The lowest BCUT2D eigenvalue weighted by molar-refractivity contribution is -0.200. The van der Waals surface area contributed by atoms with Gasteiger partial charge in [0.15, 0.2) is 6.61 Å². The van der Waals surface area contributed by atoms with Crippen molar-refractivity contribution in [2.75, 3.05) is 19.7 Å². The molecule has 1 rings (SSSR count). The molecule has 0 aromatic rings. The monoisotopic (exact) mass is 257 g/mol. The van der Waals surface area contributed by atoms with Crippen LogP contribution in [0.1, 0.15) is 12.8 Å². The molecule has 1 amide bonds. The van der Waals surface area contributed by atoms with E-state index in [1.807, 2.05) is 0 Å². The summed E-state index contributed by atoms with van der Waals surface area (Å²) in [7, 11) is 0. The zero-order chi connectivity index (χ0) is 13.1. The molecule has 0 bridgehead atoms. The minimum Gasteiger partial charge on any atom is -0.449 e. The number of hydrogen-bond acceptors (Lipinski definition) is 3. The number of esters is 1. The van der Waals surface area contributed by atoms with E-state index in [1.165, 1.54) is 0 Å². The van der Waals surface area contributed by atoms with Crippen LogP contribution >= 0.6 is 0 Å². The first-order valence-corrected chi connectivity index (χ1v) is 4.96. The molecule has 0 radical (unpaired) electrons. The van der Waals surface area contributed by atoms with Gasteiger partial charge in [0, 0.05) is 6.54 Å². The third-order valence-electron chi connectivity index (χ3n) is 2.27. The van der Waals surface area contributed by atoms with Crippen molar-refractivity contribution >= 4 is 11.9 Å². The largest absolute Gasteiger partial charge is 0.490 e. The van der Waals surface area contributed by atoms with Gasteiger partial charge in [-0.1, -0.05) is 0 Å². The summed E-state index contributed by atoms with van der Waals surface area (Å²) in [5, 5.41) is 0. The Balaban J connectivity index is 2.37. The number of hydrogen-bond donors (Lipinski definition) is 0. The summed E-state index contributed by atoms with van der Waals surface area (Å²) in [6.07, 6.45) is -5.53. The van der Waals surface area contributed by atoms with Gasteiger partial charge in [0.1, 0.15) is 6.17 Å². The molecular formula is C9H11F4NO3. The standard InChI is InChI=1S/C9H11F4NO3/c10-6-2-1-3-14(4-6)7(15)5-17-8(16)9(11,12)13/h6H,1-5H2. The van der Waals surface area contributed by atoms with E-state index >= 15 is 0 Å². The quantitative estimate of drug-likeness (QED) is 0.548. The first kappa shape index (κ1) is 13.7. The van der Waals surface area contributed by atoms with Crippen molar-refractivity contribution in [2.45, 2.75) is 25.2 Å². The summed E-state index contributed by atoms with van der Waals surface area (Å²) in [4.78, 5) is 22.7. The molecule has 1 atom stereocenters. The molecule has 0 aromatic heterocycles. The molecule has 0 spiro atoms. The highest BCUT2D eigenvalue weighted by Crippen LogP contribution is 2.17. The van der Waals surface area contributed by atoms with Crippen LogP contribution in [0, 0.1) is 0 Å². The smallest absolute Gasteiger partial charge is 0.449 e. The second-order valence-electron chi connectivity index (χ2n) is 3.65. The first-order chi connectivity index (χ1) is 7.80. The molecule has 0 saturated carbocycles. The molecule has 8 heteroatoms. The molecule has 1 heterocycles. The zero-order valence-corrected chi connectivity index (χ0v) is 8.80. The van der Waals surface area contributed by atoms with Crippen LogP contribution in [0.3, 0.4) is 0 Å². The summed E-state index contributed by atoms with van der Waals surface area (Å²) >= 11 is 0. The number of carbonyl (C=O) groups is 2. The first-order valence-electron chi connectivity index (χ1n) is 4.96. The van der Waals surface area contributed by atoms with E-state index in [0.717, 1.165) is 4.90 Å². The van der Waals surface area contributed by atoms with Gasteiger partial charge in [-0.2, -0.15) is 13.2 Å². The summed E-state index contributed by atoms with van der Waals surface area (Å²) < 4.78 is 51.9. The molecule has 1 fully saturated rings. The van der Waals surface area contributed by atoms with Gasteiger partial charge in [0.25, 0.3) is 5.91 Å². The highest BCUT2D eigenvalue weighted by molar-refractivity contribution is 5.82. The fourth-order valence-corrected chi connectivity index (χ4v) is 1.45. The van der Waals surface area contributed by atoms with E-state index in [9.17, 15) is 27.2 Å². The predicted octanol–water partition coefficient (Wildman–Crippen LogP) is 1.05. The van der Waals surface area contributed by atoms with Gasteiger partial charge in [0.2, 0.25) is 0 Å². The predicted molar refractivity (Wildman–Crippen MR) is 47.7 cm³/mol. The van der Waals surface area contributed by atoms with Crippen molar-refractivity contribution in [3.63, 3.8) is 0 Å². The molecule has 4 nitrogen and oxygen atoms in total. The Morgan fingerprint density at radius 2 is 2.00 bits per heavy atom. The third-order valence-corrected chi connectivity index (χ3v) is 2.27. The summed E-state index contributed by atoms with van der Waals surface area (Å²) in [6.45, 7) is -0.906. The second kappa shape index (κ2) is 5.33. The minimum atomic E-state index is -5.12. The number of nitrogens with zero attached hydrogens (tertiary/aromatic N) is 1. The van der Waals surface area contributed by atoms with Crippen LogP contribution in [0.25, 0.3) is 0 Å². The van der Waals surface area contributed by atoms with Crippen LogP contribution in [-0.4, -0.2) is 48.8 Å². The van der Waals surface area contributed by atoms with Gasteiger partial charge in [-0.05, 0) is 12.8 Å². The Morgan fingerprint density at radius 1 is 1.35 bits per heavy atom. The zero-order valence-electron chi connectivity index (χ0n) is 8.80. The number of likely N-dealkylation sites (tertiary alicyclic amines) is 1. The molecule has 1 aliphatic rings. The lowest BCUT2D eigenvalue weighted by Gasteiger charge is -2.28. The highest BCUT2D eigenvalue weighted by atomic mass is 19.4. The van der Waals surface area contributed by atoms with Gasteiger partial charge in [-0.3, -0.25) is 4.79 Å². The topological polar surface area (TPSA) is 46.6 Å². The summed E-state index contributed by atoms with van der Waals surface area (Å²) in [5.74, 6) is -3.23. The van der Waals surface area contributed by atoms with Crippen LogP contribution < -0.4 is 0 Å². The highest BCUT2D eigenvalue weighted by Gasteiger charge is 2.41. The van der Waals surface area contributed by atoms with E-state index in [2.05, 4.69) is 4.74 Å². The Kier molecular flexibility index (Phi) is 4.30. The van der Waals surface area contributed by atoms with Crippen molar-refractivity contribution in [1.29, 1.82) is 0 Å². The van der Waals surface area contributed by atoms with E-state index < -0.39 is 30.8 Å². The number of ether oxygens (including phenoxy) is 1. The minimum absolute atomic E-state index is 0.164. The van der Waals surface area contributed by atoms with Crippen molar-refractivity contribution in [3.05, 3.63) is 0 Å². The molecule has 98 valence electrons. The molecule has 0 aromatic carbocycles. The number of alkyl halides is 4. The molecule has 1 aliphatic heterocycles. The fourth-order valence-electron chi connectivity index (χ4n) is 1.45. The van der Waals surface area contributed by atoms with Crippen molar-refractivity contribution in [2.24, 2.45) is 0 Å². The van der Waals surface area contributed by atoms with Crippen LogP contribution in [-0.2, 0) is 14.3 Å². The Morgan fingerprint density at radius 3 is 2.53 bits per heavy atom. The normalized spacial score (nSPS) is 21.2. The number of halogens is 4. The number of rotatable bonds is 2. The Bertz CT molecular complexity index is 305. The summed E-state index contributed by atoms with van der Waals surface area (Å²) in [5.41, 5.74) is 0. The maximum Gasteiger partial charge on any atom is 0.490 e. The third kappa shape index (κ3) is 4.20. The van der Waals surface area contributed by atoms with Gasteiger partial charge in [-0.25, -0.2) is 9.18 Å². The van der Waals surface area contributed by atoms with Gasteiger partial charge < -0.3 is 9.64 Å². The van der Waals surface area contributed by atoms with E-state index in [0.29, 0.717) is 12.8 Å². The number of piperidine rings is 1. The van der Waals surface area contributed by atoms with Crippen LogP contribution in [0.4, 0.5) is 17.6 Å². The second-order valence-corrected chi connectivity index (χ2v) is 3.65. The van der Waals surface area contributed by atoms with E-state index in [-0.39, 0.29) is 13.1 Å². The molecule has 0 N–H and O–H groups in total. The van der Waals surface area contributed by atoms with Crippen LogP contribution in [0.15, 0.2) is 0 Å².